The lowest BCUT2D eigenvalue weighted by Gasteiger charge is -2.45. The van der Waals surface area contributed by atoms with Crippen LogP contribution >= 0.6 is 0 Å². The molecule has 9 nitrogen and oxygen atoms in total. The third-order valence-corrected chi connectivity index (χ3v) is 9.48. The fourth-order valence-corrected chi connectivity index (χ4v) is 6.98. The maximum absolute atomic E-state index is 14.2. The molecule has 1 aromatic carbocycles. The zero-order chi connectivity index (χ0) is 26.7. The van der Waals surface area contributed by atoms with Gasteiger partial charge in [-0.2, -0.15) is 0 Å². The molecule has 3 fully saturated rings. The largest absolute Gasteiger partial charge is 0.505 e. The summed E-state index contributed by atoms with van der Waals surface area (Å²) >= 11 is 0. The number of hydrogen-bond donors (Lipinski definition) is 4. The van der Waals surface area contributed by atoms with Gasteiger partial charge in [0.05, 0.1) is 23.5 Å². The van der Waals surface area contributed by atoms with Crippen LogP contribution in [0, 0.1) is 11.7 Å². The van der Waals surface area contributed by atoms with Crippen LogP contribution in [0.5, 0.6) is 5.75 Å². The van der Waals surface area contributed by atoms with Gasteiger partial charge in [-0.05, 0) is 81.9 Å². The van der Waals surface area contributed by atoms with E-state index in [9.17, 15) is 14.3 Å². The van der Waals surface area contributed by atoms with Gasteiger partial charge < -0.3 is 19.9 Å². The summed E-state index contributed by atoms with van der Waals surface area (Å²) < 4.78 is 14.2. The number of H-pyrrole nitrogens is 1. The van der Waals surface area contributed by atoms with Crippen LogP contribution in [0.25, 0.3) is 0 Å². The number of phenols is 1. The highest BCUT2D eigenvalue weighted by molar-refractivity contribution is 5.83. The number of phenolic OH excluding ortho intramolecular Hbond substituents is 1. The van der Waals surface area contributed by atoms with E-state index in [2.05, 4.69) is 39.7 Å². The van der Waals surface area contributed by atoms with Gasteiger partial charge >= 0.3 is 0 Å². The maximum Gasteiger partial charge on any atom is 0.240 e. The molecule has 2 saturated heterocycles. The Balaban J connectivity index is 1.13. The summed E-state index contributed by atoms with van der Waals surface area (Å²) in [5, 5.41) is 9.84. The van der Waals surface area contributed by atoms with Crippen molar-refractivity contribution in [2.75, 3.05) is 34.2 Å². The number of rotatable bonds is 5. The molecule has 1 amide bonds. The lowest BCUT2D eigenvalue weighted by molar-refractivity contribution is -0.144. The number of aromatic amines is 1. The Morgan fingerprint density at radius 2 is 2.03 bits per heavy atom. The number of carbonyl (C=O) groups is 1. The van der Waals surface area contributed by atoms with Crippen molar-refractivity contribution < 1.29 is 14.3 Å². The number of likely N-dealkylation sites (N-methyl/N-ethyl adjacent to an activating group) is 2. The smallest absolute Gasteiger partial charge is 0.240 e. The molecule has 0 radical (unpaired) electrons. The minimum Gasteiger partial charge on any atom is -0.505 e. The number of aryl methyl sites for hydroxylation is 1. The highest BCUT2D eigenvalue weighted by Gasteiger charge is 2.44. The zero-order valence-electron chi connectivity index (χ0n) is 22.8. The molecule has 1 aliphatic carbocycles. The Bertz CT molecular complexity index is 1210. The number of halogens is 1. The van der Waals surface area contributed by atoms with E-state index < -0.39 is 5.82 Å². The molecular weight excluding hydrogens is 485 g/mol. The second-order valence-corrected chi connectivity index (χ2v) is 11.9. The number of likely N-dealkylation sites (tertiary alicyclic amines) is 1. The Morgan fingerprint density at radius 3 is 2.76 bits per heavy atom. The molecule has 1 saturated carbocycles. The molecule has 5 atom stereocenters. The molecule has 10 heteroatoms. The van der Waals surface area contributed by atoms with Crippen LogP contribution in [0.2, 0.25) is 0 Å². The van der Waals surface area contributed by atoms with Gasteiger partial charge in [0.25, 0.3) is 0 Å². The van der Waals surface area contributed by atoms with E-state index in [-0.39, 0.29) is 35.7 Å². The number of aromatic nitrogens is 2. The second kappa shape index (κ2) is 9.89. The van der Waals surface area contributed by atoms with Gasteiger partial charge in [0, 0.05) is 38.1 Å². The average molecular weight is 526 g/mol. The Morgan fingerprint density at radius 1 is 1.24 bits per heavy atom. The Labute approximate surface area is 223 Å². The molecular formula is C28H40FN7O2. The van der Waals surface area contributed by atoms with Gasteiger partial charge in [-0.3, -0.25) is 15.1 Å². The third-order valence-electron chi connectivity index (χ3n) is 9.48. The van der Waals surface area contributed by atoms with Crippen LogP contribution in [0.15, 0.2) is 12.1 Å². The van der Waals surface area contributed by atoms with Crippen molar-refractivity contribution in [3.63, 3.8) is 0 Å². The molecule has 5 unspecified atom stereocenters. The predicted molar refractivity (Wildman–Crippen MR) is 142 cm³/mol. The van der Waals surface area contributed by atoms with Gasteiger partial charge in [-0.1, -0.05) is 6.92 Å². The summed E-state index contributed by atoms with van der Waals surface area (Å²) in [6.45, 7) is 4.33. The lowest BCUT2D eigenvalue weighted by atomic mass is 9.73. The van der Waals surface area contributed by atoms with E-state index in [1.165, 1.54) is 6.07 Å². The molecule has 206 valence electrons. The fourth-order valence-electron chi connectivity index (χ4n) is 6.98. The summed E-state index contributed by atoms with van der Waals surface area (Å²) in [5.41, 5.74) is 11.2. The van der Waals surface area contributed by atoms with Crippen molar-refractivity contribution >= 4 is 5.91 Å². The van der Waals surface area contributed by atoms with Crippen LogP contribution in [0.1, 0.15) is 66.5 Å². The molecule has 3 aliphatic heterocycles. The Kier molecular flexibility index (Phi) is 6.70. The quantitative estimate of drug-likeness (QED) is 0.474. The molecule has 6 rings (SSSR count). The van der Waals surface area contributed by atoms with Crippen molar-refractivity contribution in [3.8, 4) is 5.75 Å². The molecule has 38 heavy (non-hydrogen) atoms. The summed E-state index contributed by atoms with van der Waals surface area (Å²) in [7, 11) is 6.16. The number of amides is 1. The highest BCUT2D eigenvalue weighted by Crippen LogP contribution is 2.44. The number of benzene rings is 1. The van der Waals surface area contributed by atoms with Crippen molar-refractivity contribution in [1.82, 2.24) is 35.5 Å². The van der Waals surface area contributed by atoms with Gasteiger partial charge in [0.1, 0.15) is 5.82 Å². The van der Waals surface area contributed by atoms with Gasteiger partial charge in [0.15, 0.2) is 11.6 Å². The first-order valence-corrected chi connectivity index (χ1v) is 14.0. The average Bonchev–Trinajstić information content (AvgIpc) is 3.46. The minimum absolute atomic E-state index is 0.0736. The van der Waals surface area contributed by atoms with Gasteiger partial charge in [-0.15, -0.1) is 0 Å². The number of nitrogens with zero attached hydrogens (tertiary/aromatic N) is 4. The standard InChI is InChI=1S/C28H40FN7O2/c1-5-15-9-25(37)20(29)10-19(15)16-6-7-18-21(8-16)32-33-26(18)27-30-22-11-24(35(4)14-23(22)31-27)28(38)36-12-17(13-36)34(2)3/h9-10,16-18,21,24,26,32-33,37H,5-8,11-14H2,1-4H3,(H,30,31). The topological polar surface area (TPSA) is 99.8 Å². The van der Waals surface area contributed by atoms with Gasteiger partial charge in [0.2, 0.25) is 5.91 Å². The number of carbonyl (C=O) groups excluding carboxylic acids is 1. The number of nitrogens with one attached hydrogen (secondary N) is 3. The molecule has 4 N–H and O–H groups in total. The third kappa shape index (κ3) is 4.41. The van der Waals surface area contributed by atoms with Crippen LogP contribution in [0.4, 0.5) is 4.39 Å². The monoisotopic (exact) mass is 525 g/mol. The zero-order valence-corrected chi connectivity index (χ0v) is 22.8. The van der Waals surface area contributed by atoms with E-state index in [0.29, 0.717) is 24.9 Å². The SMILES string of the molecule is CCc1cc(O)c(F)cc1C1CCC2C(C1)NNC2c1nc2c([nH]1)CN(C)C(C(=O)N1CC(N(C)C)C1)C2. The second-order valence-electron chi connectivity index (χ2n) is 11.9. The molecule has 0 bridgehead atoms. The maximum atomic E-state index is 14.2. The number of fused-ring (bicyclic) bond motifs is 2. The number of hydrogen-bond acceptors (Lipinski definition) is 7. The predicted octanol–water partition coefficient (Wildman–Crippen LogP) is 2.05. The molecule has 4 aliphatic rings. The summed E-state index contributed by atoms with van der Waals surface area (Å²) in [6.07, 6.45) is 4.29. The summed E-state index contributed by atoms with van der Waals surface area (Å²) in [4.78, 5) is 28.1. The number of hydrazine groups is 1. The molecule has 1 aromatic heterocycles. The van der Waals surface area contributed by atoms with Crippen molar-refractivity contribution in [2.24, 2.45) is 5.92 Å². The van der Waals surface area contributed by atoms with E-state index in [4.69, 9.17) is 4.98 Å². The number of imidazole rings is 1. The van der Waals surface area contributed by atoms with Crippen LogP contribution in [0.3, 0.4) is 0 Å². The van der Waals surface area contributed by atoms with Crippen LogP contribution in [-0.2, 0) is 24.2 Å². The van der Waals surface area contributed by atoms with Crippen molar-refractivity contribution in [1.29, 1.82) is 0 Å². The summed E-state index contributed by atoms with van der Waals surface area (Å²) in [5.74, 6) is 0.981. The lowest BCUT2D eigenvalue weighted by Crippen LogP contribution is -2.63. The minimum atomic E-state index is -0.538. The van der Waals surface area contributed by atoms with E-state index in [1.54, 1.807) is 6.07 Å². The summed E-state index contributed by atoms with van der Waals surface area (Å²) in [6, 6.07) is 3.74. The highest BCUT2D eigenvalue weighted by atomic mass is 19.1. The molecule has 2 aromatic rings. The number of aromatic hydroxyl groups is 1. The normalized spacial score (nSPS) is 29.8. The van der Waals surface area contributed by atoms with Crippen LogP contribution in [-0.4, -0.2) is 88.0 Å². The first kappa shape index (κ1) is 25.7. The van der Waals surface area contributed by atoms with Gasteiger partial charge in [-0.25, -0.2) is 14.8 Å². The first-order chi connectivity index (χ1) is 18.2. The Hall–Kier alpha value is -2.53. The van der Waals surface area contributed by atoms with Crippen LogP contribution < -0.4 is 10.9 Å². The molecule has 4 heterocycles. The van der Waals surface area contributed by atoms with E-state index in [1.807, 2.05) is 18.9 Å². The van der Waals surface area contributed by atoms with E-state index >= 15 is 0 Å². The van der Waals surface area contributed by atoms with Crippen molar-refractivity contribution in [3.05, 3.63) is 46.3 Å². The molecule has 0 spiro atoms. The first-order valence-electron chi connectivity index (χ1n) is 14.0. The van der Waals surface area contributed by atoms with E-state index in [0.717, 1.165) is 67.1 Å². The fraction of sp³-hybridized carbons (Fsp3) is 0.643. The van der Waals surface area contributed by atoms with Crippen molar-refractivity contribution in [2.45, 2.75) is 75.7 Å².